The summed E-state index contributed by atoms with van der Waals surface area (Å²) in [4.78, 5) is 39.7. The Balaban J connectivity index is 1.53. The van der Waals surface area contributed by atoms with Crippen molar-refractivity contribution in [2.75, 3.05) is 18.0 Å². The zero-order valence-electron chi connectivity index (χ0n) is 16.6. The Labute approximate surface area is 174 Å². The predicted octanol–water partition coefficient (Wildman–Crippen LogP) is 2.10. The van der Waals surface area contributed by atoms with Crippen molar-refractivity contribution in [2.45, 2.75) is 32.7 Å². The number of hydrazine groups is 1. The average Bonchev–Trinajstić information content (AvgIpc) is 3.25. The van der Waals surface area contributed by atoms with Gasteiger partial charge in [-0.25, -0.2) is 0 Å². The van der Waals surface area contributed by atoms with E-state index in [4.69, 9.17) is 0 Å². The van der Waals surface area contributed by atoms with Crippen LogP contribution in [0.1, 0.15) is 35.5 Å². The van der Waals surface area contributed by atoms with Crippen molar-refractivity contribution in [3.63, 3.8) is 0 Å². The Kier molecular flexibility index (Phi) is 6.87. The number of anilines is 1. The Morgan fingerprint density at radius 3 is 2.62 bits per heavy atom. The van der Waals surface area contributed by atoms with E-state index in [1.807, 2.05) is 36.9 Å². The van der Waals surface area contributed by atoms with Crippen LogP contribution in [0.4, 0.5) is 5.69 Å². The van der Waals surface area contributed by atoms with Gasteiger partial charge in [0.1, 0.15) is 6.04 Å². The number of amides is 3. The molecule has 3 N–H and O–H groups in total. The highest BCUT2D eigenvalue weighted by molar-refractivity contribution is 7.12. The maximum absolute atomic E-state index is 12.5. The zero-order chi connectivity index (χ0) is 20.8. The lowest BCUT2D eigenvalue weighted by atomic mass is 10.0. The van der Waals surface area contributed by atoms with Crippen molar-refractivity contribution in [3.8, 4) is 0 Å². The smallest absolute Gasteiger partial charge is 0.262 e. The molecule has 0 saturated heterocycles. The molecule has 154 valence electrons. The second-order valence-corrected chi connectivity index (χ2v) is 8.31. The quantitative estimate of drug-likeness (QED) is 0.632. The fraction of sp³-hybridized carbons (Fsp3) is 0.381. The van der Waals surface area contributed by atoms with Gasteiger partial charge in [0.05, 0.1) is 11.4 Å². The highest BCUT2D eigenvalue weighted by Crippen LogP contribution is 2.26. The van der Waals surface area contributed by atoms with Gasteiger partial charge in [0.2, 0.25) is 0 Å². The minimum absolute atomic E-state index is 0.134. The predicted molar refractivity (Wildman–Crippen MR) is 114 cm³/mol. The monoisotopic (exact) mass is 414 g/mol. The summed E-state index contributed by atoms with van der Waals surface area (Å²) in [5, 5.41) is 4.54. The van der Waals surface area contributed by atoms with Crippen molar-refractivity contribution in [2.24, 2.45) is 5.92 Å². The number of carbonyl (C=O) groups is 3. The first kappa shape index (κ1) is 20.9. The number of rotatable bonds is 6. The summed E-state index contributed by atoms with van der Waals surface area (Å²) >= 11 is 1.31. The van der Waals surface area contributed by atoms with E-state index in [9.17, 15) is 14.4 Å². The fourth-order valence-corrected chi connectivity index (χ4v) is 3.98. The normalized spacial score (nSPS) is 14.1. The number of nitrogens with zero attached hydrogens (tertiary/aromatic N) is 1. The van der Waals surface area contributed by atoms with E-state index >= 15 is 0 Å². The first-order valence-electron chi connectivity index (χ1n) is 9.71. The van der Waals surface area contributed by atoms with Crippen LogP contribution >= 0.6 is 11.3 Å². The SMILES string of the molecule is CC(C)C(NC(=O)c1cccs1)C(=O)NNC(=O)CN1CCCc2ccccc21. The van der Waals surface area contributed by atoms with Crippen molar-refractivity contribution < 1.29 is 14.4 Å². The van der Waals surface area contributed by atoms with Gasteiger partial charge in [-0.05, 0) is 41.8 Å². The molecule has 0 fully saturated rings. The largest absolute Gasteiger partial charge is 0.362 e. The van der Waals surface area contributed by atoms with Crippen LogP contribution < -0.4 is 21.1 Å². The molecule has 3 amide bonds. The van der Waals surface area contributed by atoms with Crippen molar-refractivity contribution in [1.29, 1.82) is 0 Å². The van der Waals surface area contributed by atoms with Crippen LogP contribution in [0.2, 0.25) is 0 Å². The number of hydrogen-bond donors (Lipinski definition) is 3. The second-order valence-electron chi connectivity index (χ2n) is 7.36. The lowest BCUT2D eigenvalue weighted by Crippen LogP contribution is -2.55. The number of thiophene rings is 1. The van der Waals surface area contributed by atoms with Gasteiger partial charge in [0.25, 0.3) is 17.7 Å². The minimum Gasteiger partial charge on any atom is -0.362 e. The van der Waals surface area contributed by atoms with E-state index < -0.39 is 11.9 Å². The molecular weight excluding hydrogens is 388 g/mol. The molecule has 1 unspecified atom stereocenters. The summed E-state index contributed by atoms with van der Waals surface area (Å²) in [6, 6.07) is 10.8. The van der Waals surface area contributed by atoms with Crippen LogP contribution in [0.3, 0.4) is 0 Å². The van der Waals surface area contributed by atoms with Crippen molar-refractivity contribution >= 4 is 34.7 Å². The third kappa shape index (κ3) is 5.35. The third-order valence-electron chi connectivity index (χ3n) is 4.85. The van der Waals surface area contributed by atoms with Crippen LogP contribution in [0.25, 0.3) is 0 Å². The Morgan fingerprint density at radius 2 is 1.90 bits per heavy atom. The van der Waals surface area contributed by atoms with Crippen LogP contribution in [0.5, 0.6) is 0 Å². The minimum atomic E-state index is -0.749. The molecule has 8 heteroatoms. The van der Waals surface area contributed by atoms with Crippen LogP contribution in [0, 0.1) is 5.92 Å². The second kappa shape index (κ2) is 9.56. The number of para-hydroxylation sites is 1. The van der Waals surface area contributed by atoms with Gasteiger partial charge in [-0.1, -0.05) is 38.1 Å². The molecule has 1 aromatic carbocycles. The first-order valence-corrected chi connectivity index (χ1v) is 10.6. The molecule has 0 spiro atoms. The van der Waals surface area contributed by atoms with Crippen molar-refractivity contribution in [3.05, 3.63) is 52.2 Å². The van der Waals surface area contributed by atoms with Crippen molar-refractivity contribution in [1.82, 2.24) is 16.2 Å². The molecule has 2 heterocycles. The topological polar surface area (TPSA) is 90.5 Å². The number of fused-ring (bicyclic) bond motifs is 1. The summed E-state index contributed by atoms with van der Waals surface area (Å²) in [6.07, 6.45) is 1.99. The molecule has 3 rings (SSSR count). The standard InChI is InChI=1S/C21H26N4O3S/c1-14(2)19(22-20(27)17-10-6-12-29-17)21(28)24-23-18(26)13-25-11-5-8-15-7-3-4-9-16(15)25/h3-4,6-7,9-10,12,14,19H,5,8,11,13H2,1-2H3,(H,22,27)(H,23,26)(H,24,28). The van der Waals surface area contributed by atoms with E-state index in [-0.39, 0.29) is 24.3 Å². The number of aryl methyl sites for hydroxylation is 1. The number of carbonyl (C=O) groups excluding carboxylic acids is 3. The first-order chi connectivity index (χ1) is 14.0. The Morgan fingerprint density at radius 1 is 1.10 bits per heavy atom. The van der Waals surface area contributed by atoms with E-state index in [1.165, 1.54) is 16.9 Å². The van der Waals surface area contributed by atoms with Gasteiger partial charge >= 0.3 is 0 Å². The van der Waals surface area contributed by atoms with E-state index in [1.54, 1.807) is 17.5 Å². The lowest BCUT2D eigenvalue weighted by molar-refractivity contribution is -0.130. The molecule has 0 saturated carbocycles. The third-order valence-corrected chi connectivity index (χ3v) is 5.72. The molecule has 1 aliphatic rings. The summed E-state index contributed by atoms with van der Waals surface area (Å²) in [5.41, 5.74) is 7.21. The molecule has 7 nitrogen and oxygen atoms in total. The molecular formula is C21H26N4O3S. The molecule has 1 aliphatic heterocycles. The maximum Gasteiger partial charge on any atom is 0.262 e. The van der Waals surface area contributed by atoms with Gasteiger partial charge in [-0.15, -0.1) is 11.3 Å². The lowest BCUT2D eigenvalue weighted by Gasteiger charge is -2.30. The Hall–Kier alpha value is -2.87. The summed E-state index contributed by atoms with van der Waals surface area (Å²) in [5.74, 6) is -1.19. The highest BCUT2D eigenvalue weighted by Gasteiger charge is 2.26. The van der Waals surface area contributed by atoms with E-state index in [0.29, 0.717) is 4.88 Å². The zero-order valence-corrected chi connectivity index (χ0v) is 17.4. The number of benzene rings is 1. The molecule has 1 aromatic heterocycles. The fourth-order valence-electron chi connectivity index (χ4n) is 3.35. The maximum atomic E-state index is 12.5. The molecule has 2 aromatic rings. The summed E-state index contributed by atoms with van der Waals surface area (Å²) < 4.78 is 0. The van der Waals surface area contributed by atoms with Crippen LogP contribution in [0.15, 0.2) is 41.8 Å². The molecule has 0 aliphatic carbocycles. The average molecular weight is 415 g/mol. The van der Waals surface area contributed by atoms with Gasteiger partial charge in [0, 0.05) is 12.2 Å². The summed E-state index contributed by atoms with van der Waals surface area (Å²) in [7, 11) is 0. The van der Waals surface area contributed by atoms with Gasteiger partial charge in [0.15, 0.2) is 0 Å². The van der Waals surface area contributed by atoms with Crippen LogP contribution in [-0.2, 0) is 16.0 Å². The van der Waals surface area contributed by atoms with Gasteiger partial charge < -0.3 is 10.2 Å². The molecule has 1 atom stereocenters. The molecule has 0 radical (unpaired) electrons. The van der Waals surface area contributed by atoms with E-state index in [2.05, 4.69) is 22.2 Å². The summed E-state index contributed by atoms with van der Waals surface area (Å²) in [6.45, 7) is 4.63. The van der Waals surface area contributed by atoms with Gasteiger partial charge in [-0.2, -0.15) is 0 Å². The van der Waals surface area contributed by atoms with Crippen LogP contribution in [-0.4, -0.2) is 36.9 Å². The molecule has 29 heavy (non-hydrogen) atoms. The number of nitrogens with one attached hydrogen (secondary N) is 3. The van der Waals surface area contributed by atoms with E-state index in [0.717, 1.165) is 25.1 Å². The highest BCUT2D eigenvalue weighted by atomic mass is 32.1. The Bertz CT molecular complexity index is 867. The number of hydrogen-bond acceptors (Lipinski definition) is 5. The van der Waals surface area contributed by atoms with Gasteiger partial charge in [-0.3, -0.25) is 25.2 Å². The molecule has 0 bridgehead atoms.